The van der Waals surface area contributed by atoms with Gasteiger partial charge in [-0.2, -0.15) is 14.9 Å². The summed E-state index contributed by atoms with van der Waals surface area (Å²) in [5.74, 6) is 1.53. The molecule has 140 valence electrons. The molecule has 3 rings (SSSR count). The first-order valence-electron chi connectivity index (χ1n) is 8.41. The second kappa shape index (κ2) is 8.52. The van der Waals surface area contributed by atoms with E-state index in [2.05, 4.69) is 29.1 Å². The third kappa shape index (κ3) is 4.46. The molecule has 1 aliphatic heterocycles. The maximum atomic E-state index is 6.31. The Morgan fingerprint density at radius 1 is 1.46 bits per heavy atom. The van der Waals surface area contributed by atoms with Crippen LogP contribution in [0.1, 0.15) is 44.2 Å². The summed E-state index contributed by atoms with van der Waals surface area (Å²) in [5, 5.41) is 12.3. The number of ether oxygens (including phenoxy) is 2. The van der Waals surface area contributed by atoms with Crippen LogP contribution in [-0.4, -0.2) is 34.3 Å². The number of rotatable bonds is 6. The summed E-state index contributed by atoms with van der Waals surface area (Å²) in [6, 6.07) is 3.50. The molecule has 1 aliphatic rings. The van der Waals surface area contributed by atoms with Gasteiger partial charge in [-0.05, 0) is 48.7 Å². The molecular weight excluding hydrogens is 395 g/mol. The Hall–Kier alpha value is -1.41. The molecule has 1 aromatic heterocycles. The Labute approximate surface area is 167 Å². The van der Waals surface area contributed by atoms with E-state index in [1.54, 1.807) is 23.0 Å². The van der Waals surface area contributed by atoms with Gasteiger partial charge in [-0.25, -0.2) is 0 Å². The summed E-state index contributed by atoms with van der Waals surface area (Å²) in [6.45, 7) is 5.38. The van der Waals surface area contributed by atoms with E-state index in [9.17, 15) is 0 Å². The van der Waals surface area contributed by atoms with Crippen LogP contribution in [0.4, 0.5) is 0 Å². The fraction of sp³-hybridized carbons (Fsp3) is 0.471. The normalized spacial score (nSPS) is 17.5. The van der Waals surface area contributed by atoms with Crippen molar-refractivity contribution < 1.29 is 9.47 Å². The Balaban J connectivity index is 1.83. The summed E-state index contributed by atoms with van der Waals surface area (Å²) in [5.41, 5.74) is 0.735. The maximum absolute atomic E-state index is 6.31. The number of hydrogen-bond donors (Lipinski definition) is 1. The highest BCUT2D eigenvalue weighted by Crippen LogP contribution is 2.34. The quantitative estimate of drug-likeness (QED) is 0.532. The summed E-state index contributed by atoms with van der Waals surface area (Å²) >= 11 is 17.9. The van der Waals surface area contributed by atoms with Crippen molar-refractivity contribution in [3.8, 4) is 5.75 Å². The summed E-state index contributed by atoms with van der Waals surface area (Å²) in [7, 11) is 0. The number of nitrogens with one attached hydrogen (secondary N) is 1. The van der Waals surface area contributed by atoms with Crippen LogP contribution >= 0.6 is 35.4 Å². The van der Waals surface area contributed by atoms with Gasteiger partial charge in [0, 0.05) is 6.61 Å². The Morgan fingerprint density at radius 2 is 2.19 bits per heavy atom. The number of hydrogen-bond acceptors (Lipinski definition) is 5. The van der Waals surface area contributed by atoms with Gasteiger partial charge in [-0.15, -0.1) is 0 Å². The minimum Gasteiger partial charge on any atom is -0.490 e. The fourth-order valence-corrected chi connectivity index (χ4v) is 3.37. The minimum absolute atomic E-state index is 0.0981. The molecule has 0 aliphatic carbocycles. The molecule has 0 bridgehead atoms. The summed E-state index contributed by atoms with van der Waals surface area (Å²) in [4.78, 5) is 0. The molecule has 1 aromatic carbocycles. The highest BCUT2D eigenvalue weighted by atomic mass is 35.5. The van der Waals surface area contributed by atoms with Crippen LogP contribution in [0.2, 0.25) is 10.0 Å². The topological polar surface area (TPSA) is 64.4 Å². The molecule has 2 aromatic rings. The molecule has 1 fully saturated rings. The Bertz CT molecular complexity index is 834. The maximum Gasteiger partial charge on any atom is 0.216 e. The van der Waals surface area contributed by atoms with Gasteiger partial charge in [0.1, 0.15) is 6.10 Å². The van der Waals surface area contributed by atoms with Crippen molar-refractivity contribution in [2.24, 2.45) is 11.0 Å². The van der Waals surface area contributed by atoms with Gasteiger partial charge in [0.2, 0.25) is 4.77 Å². The van der Waals surface area contributed by atoms with Crippen molar-refractivity contribution in [3.05, 3.63) is 38.3 Å². The van der Waals surface area contributed by atoms with Crippen LogP contribution in [0.25, 0.3) is 0 Å². The molecule has 9 heteroatoms. The molecule has 0 amide bonds. The van der Waals surface area contributed by atoms with E-state index in [0.717, 1.165) is 25.0 Å². The summed E-state index contributed by atoms with van der Waals surface area (Å²) in [6.07, 6.45) is 3.43. The van der Waals surface area contributed by atoms with Crippen LogP contribution in [0.15, 0.2) is 17.2 Å². The van der Waals surface area contributed by atoms with E-state index in [1.165, 1.54) is 0 Å². The van der Waals surface area contributed by atoms with E-state index < -0.39 is 0 Å². The molecule has 0 radical (unpaired) electrons. The number of halogens is 2. The predicted octanol–water partition coefficient (Wildman–Crippen LogP) is 5.02. The van der Waals surface area contributed by atoms with Crippen LogP contribution in [0, 0.1) is 10.7 Å². The molecule has 1 N–H and O–H groups in total. The average molecular weight is 415 g/mol. The van der Waals surface area contributed by atoms with Gasteiger partial charge < -0.3 is 9.47 Å². The van der Waals surface area contributed by atoms with Crippen molar-refractivity contribution >= 4 is 41.6 Å². The minimum atomic E-state index is -0.0981. The first kappa shape index (κ1) is 19.4. The van der Waals surface area contributed by atoms with Gasteiger partial charge in [-0.1, -0.05) is 37.0 Å². The van der Waals surface area contributed by atoms with E-state index in [4.69, 9.17) is 44.9 Å². The zero-order valence-electron chi connectivity index (χ0n) is 14.5. The molecule has 1 atom stereocenters. The fourth-order valence-electron chi connectivity index (χ4n) is 2.57. The molecule has 1 unspecified atom stereocenters. The van der Waals surface area contributed by atoms with Crippen molar-refractivity contribution in [3.63, 3.8) is 0 Å². The van der Waals surface area contributed by atoms with E-state index in [1.807, 2.05) is 0 Å². The number of aromatic amines is 1. The van der Waals surface area contributed by atoms with Crippen molar-refractivity contribution in [2.75, 3.05) is 13.2 Å². The van der Waals surface area contributed by atoms with E-state index in [0.29, 0.717) is 38.9 Å². The third-order valence-corrected chi connectivity index (χ3v) is 4.62. The molecule has 1 saturated heterocycles. The Morgan fingerprint density at radius 3 is 2.81 bits per heavy atom. The van der Waals surface area contributed by atoms with Gasteiger partial charge >= 0.3 is 0 Å². The van der Waals surface area contributed by atoms with Crippen LogP contribution in [0.3, 0.4) is 0 Å². The molecular formula is C17H20Cl2N4O2S. The molecule has 0 spiro atoms. The van der Waals surface area contributed by atoms with Crippen LogP contribution < -0.4 is 4.74 Å². The lowest BCUT2D eigenvalue weighted by atomic mass is 10.2. The summed E-state index contributed by atoms with van der Waals surface area (Å²) < 4.78 is 13.3. The second-order valence-electron chi connectivity index (χ2n) is 6.46. The largest absolute Gasteiger partial charge is 0.490 e. The zero-order chi connectivity index (χ0) is 18.7. The number of nitrogens with zero attached hydrogens (tertiary/aromatic N) is 3. The smallest absolute Gasteiger partial charge is 0.216 e. The number of H-pyrrole nitrogens is 1. The highest BCUT2D eigenvalue weighted by molar-refractivity contribution is 7.71. The molecule has 2 heterocycles. The van der Waals surface area contributed by atoms with Gasteiger partial charge in [0.25, 0.3) is 0 Å². The van der Waals surface area contributed by atoms with E-state index in [-0.39, 0.29) is 6.10 Å². The number of aromatic nitrogens is 3. The third-order valence-electron chi connectivity index (χ3n) is 3.80. The predicted molar refractivity (Wildman–Crippen MR) is 105 cm³/mol. The monoisotopic (exact) mass is 414 g/mol. The first-order chi connectivity index (χ1) is 12.5. The lowest BCUT2D eigenvalue weighted by Crippen LogP contribution is -2.06. The standard InChI is InChI=1S/C17H20Cl2N4O2S/c1-10(2)9-25-15-12(18)6-11(7-13(15)19)8-20-23-16(21-22-17(23)26)14-4-3-5-24-14/h6-8,10,14H,3-5,9H2,1-2H3,(H,22,26)/b20-8-. The average Bonchev–Trinajstić information content (AvgIpc) is 3.21. The van der Waals surface area contributed by atoms with Gasteiger partial charge in [-0.3, -0.25) is 5.10 Å². The molecule has 0 saturated carbocycles. The van der Waals surface area contributed by atoms with Gasteiger partial charge in [0.15, 0.2) is 11.6 Å². The molecule has 6 nitrogen and oxygen atoms in total. The second-order valence-corrected chi connectivity index (χ2v) is 7.66. The zero-order valence-corrected chi connectivity index (χ0v) is 16.9. The van der Waals surface area contributed by atoms with Gasteiger partial charge in [0.05, 0.1) is 22.9 Å². The van der Waals surface area contributed by atoms with Crippen molar-refractivity contribution in [1.82, 2.24) is 14.9 Å². The Kier molecular flexibility index (Phi) is 6.34. The first-order valence-corrected chi connectivity index (χ1v) is 9.57. The number of benzene rings is 1. The lowest BCUT2D eigenvalue weighted by Gasteiger charge is -2.12. The van der Waals surface area contributed by atoms with Crippen LogP contribution in [0.5, 0.6) is 5.75 Å². The van der Waals surface area contributed by atoms with Crippen molar-refractivity contribution in [1.29, 1.82) is 0 Å². The van der Waals surface area contributed by atoms with E-state index >= 15 is 0 Å². The van der Waals surface area contributed by atoms with Crippen LogP contribution in [-0.2, 0) is 4.74 Å². The lowest BCUT2D eigenvalue weighted by molar-refractivity contribution is 0.102. The highest BCUT2D eigenvalue weighted by Gasteiger charge is 2.23. The molecule has 26 heavy (non-hydrogen) atoms. The van der Waals surface area contributed by atoms with Crippen molar-refractivity contribution in [2.45, 2.75) is 32.8 Å². The SMILES string of the molecule is CC(C)COc1c(Cl)cc(/C=N\n2c(C3CCCO3)n[nH]c2=S)cc1Cl.